The smallest absolute Gasteiger partial charge is 0.416 e. The van der Waals surface area contributed by atoms with Crippen LogP contribution in [0.5, 0.6) is 0 Å². The van der Waals surface area contributed by atoms with Crippen LogP contribution in [0, 0.1) is 0 Å². The number of alkyl halides is 3. The van der Waals surface area contributed by atoms with Gasteiger partial charge in [-0.05, 0) is 30.4 Å². The molecule has 3 N–H and O–H groups in total. The number of benzene rings is 1. The molecule has 0 aromatic heterocycles. The van der Waals surface area contributed by atoms with E-state index >= 15 is 0 Å². The maximum absolute atomic E-state index is 13.0. The standard InChI is InChI=1S/C15H15F3N2O4S/c1-8(21)19-11-5-9(4-10(6-11)15(16,17)18)12(22)20-14(13(23)24)2-3-25-7-14/h4-6H,2-3,7H2,1H3,(H,19,21)(H,20,22)(H,23,24). The predicted octanol–water partition coefficient (Wildman–Crippen LogP) is 2.35. The van der Waals surface area contributed by atoms with E-state index in [1.807, 2.05) is 0 Å². The summed E-state index contributed by atoms with van der Waals surface area (Å²) in [7, 11) is 0. The molecular formula is C15H15F3N2O4S. The number of nitrogens with one attached hydrogen (secondary N) is 2. The predicted molar refractivity (Wildman–Crippen MR) is 85.5 cm³/mol. The fourth-order valence-electron chi connectivity index (χ4n) is 2.37. The maximum atomic E-state index is 13.0. The summed E-state index contributed by atoms with van der Waals surface area (Å²) in [6, 6.07) is 2.40. The Labute approximate surface area is 145 Å². The Hall–Kier alpha value is -2.23. The Morgan fingerprint density at radius 3 is 2.40 bits per heavy atom. The number of hydrogen-bond donors (Lipinski definition) is 3. The van der Waals surface area contributed by atoms with E-state index in [-0.39, 0.29) is 23.4 Å². The number of thioether (sulfide) groups is 1. The van der Waals surface area contributed by atoms with Crippen molar-refractivity contribution in [3.8, 4) is 0 Å². The molecule has 1 heterocycles. The van der Waals surface area contributed by atoms with E-state index in [0.717, 1.165) is 13.0 Å². The number of carboxylic acid groups (broad SMARTS) is 1. The van der Waals surface area contributed by atoms with Crippen LogP contribution in [0.2, 0.25) is 0 Å². The van der Waals surface area contributed by atoms with Crippen molar-refractivity contribution in [2.24, 2.45) is 0 Å². The van der Waals surface area contributed by atoms with E-state index in [4.69, 9.17) is 0 Å². The van der Waals surface area contributed by atoms with Crippen molar-refractivity contribution >= 4 is 35.2 Å². The Bertz CT molecular complexity index is 715. The van der Waals surface area contributed by atoms with Crippen LogP contribution < -0.4 is 10.6 Å². The number of carbonyl (C=O) groups is 3. The zero-order valence-corrected chi connectivity index (χ0v) is 13.9. The van der Waals surface area contributed by atoms with E-state index in [1.54, 1.807) is 0 Å². The summed E-state index contributed by atoms with van der Waals surface area (Å²) in [5.74, 6) is -2.12. The van der Waals surface area contributed by atoms with Crippen LogP contribution in [0.4, 0.5) is 18.9 Å². The van der Waals surface area contributed by atoms with E-state index in [0.29, 0.717) is 17.9 Å². The third kappa shape index (κ3) is 4.44. The first-order chi connectivity index (χ1) is 11.5. The van der Waals surface area contributed by atoms with Gasteiger partial charge in [0.15, 0.2) is 0 Å². The molecule has 1 atom stereocenters. The summed E-state index contributed by atoms with van der Waals surface area (Å²) in [4.78, 5) is 34.9. The number of aliphatic carboxylic acids is 1. The number of anilines is 1. The lowest BCUT2D eigenvalue weighted by atomic mass is 9.98. The molecule has 25 heavy (non-hydrogen) atoms. The van der Waals surface area contributed by atoms with Crippen molar-refractivity contribution in [1.82, 2.24) is 5.32 Å². The van der Waals surface area contributed by atoms with Gasteiger partial charge in [0, 0.05) is 23.9 Å². The molecule has 0 saturated carbocycles. The summed E-state index contributed by atoms with van der Waals surface area (Å²) in [6.07, 6.45) is -4.55. The number of carbonyl (C=O) groups excluding carboxylic acids is 2. The molecule has 136 valence electrons. The van der Waals surface area contributed by atoms with Crippen molar-refractivity contribution in [3.63, 3.8) is 0 Å². The fourth-order valence-corrected chi connectivity index (χ4v) is 3.70. The minimum absolute atomic E-state index is 0.131. The molecule has 2 rings (SSSR count). The second-order valence-corrected chi connectivity index (χ2v) is 6.73. The molecule has 1 fully saturated rings. The summed E-state index contributed by atoms with van der Waals surface area (Å²) >= 11 is 1.33. The monoisotopic (exact) mass is 376 g/mol. The Morgan fingerprint density at radius 2 is 1.92 bits per heavy atom. The molecule has 1 aliphatic heterocycles. The molecule has 2 amide bonds. The van der Waals surface area contributed by atoms with Gasteiger partial charge in [0.1, 0.15) is 5.54 Å². The van der Waals surface area contributed by atoms with Crippen LogP contribution in [-0.2, 0) is 15.8 Å². The molecule has 1 unspecified atom stereocenters. The Kier molecular flexibility index (Phi) is 5.31. The third-order valence-corrected chi connectivity index (χ3v) is 4.82. The van der Waals surface area contributed by atoms with Crippen molar-refractivity contribution in [3.05, 3.63) is 29.3 Å². The first-order valence-corrected chi connectivity index (χ1v) is 8.32. The average Bonchev–Trinajstić information content (AvgIpc) is 2.95. The minimum Gasteiger partial charge on any atom is -0.479 e. The number of hydrogen-bond acceptors (Lipinski definition) is 4. The molecule has 0 aliphatic carbocycles. The highest BCUT2D eigenvalue weighted by molar-refractivity contribution is 7.99. The van der Waals surface area contributed by atoms with Gasteiger partial charge in [-0.2, -0.15) is 24.9 Å². The van der Waals surface area contributed by atoms with Crippen LogP contribution in [0.25, 0.3) is 0 Å². The normalized spacial score (nSPS) is 20.2. The molecule has 1 aromatic carbocycles. The second-order valence-electron chi connectivity index (χ2n) is 5.62. The van der Waals surface area contributed by atoms with Crippen molar-refractivity contribution in [2.45, 2.75) is 25.1 Å². The van der Waals surface area contributed by atoms with Gasteiger partial charge in [-0.25, -0.2) is 4.79 Å². The lowest BCUT2D eigenvalue weighted by molar-refractivity contribution is -0.143. The lowest BCUT2D eigenvalue weighted by Gasteiger charge is -2.25. The highest BCUT2D eigenvalue weighted by atomic mass is 32.2. The summed E-state index contributed by atoms with van der Waals surface area (Å²) in [5.41, 5.74) is -3.20. The number of halogens is 3. The average molecular weight is 376 g/mol. The van der Waals surface area contributed by atoms with Crippen LogP contribution in [0.1, 0.15) is 29.3 Å². The van der Waals surface area contributed by atoms with E-state index < -0.39 is 35.1 Å². The highest BCUT2D eigenvalue weighted by Crippen LogP contribution is 2.33. The Balaban J connectivity index is 2.37. The largest absolute Gasteiger partial charge is 0.479 e. The van der Waals surface area contributed by atoms with E-state index in [9.17, 15) is 32.7 Å². The van der Waals surface area contributed by atoms with Crippen LogP contribution >= 0.6 is 11.8 Å². The van der Waals surface area contributed by atoms with Crippen molar-refractivity contribution in [2.75, 3.05) is 16.8 Å². The van der Waals surface area contributed by atoms with Crippen molar-refractivity contribution in [1.29, 1.82) is 0 Å². The quantitative estimate of drug-likeness (QED) is 0.750. The molecule has 10 heteroatoms. The van der Waals surface area contributed by atoms with Gasteiger partial charge >= 0.3 is 12.1 Å². The fraction of sp³-hybridized carbons (Fsp3) is 0.400. The lowest BCUT2D eigenvalue weighted by Crippen LogP contribution is -2.54. The highest BCUT2D eigenvalue weighted by Gasteiger charge is 2.43. The summed E-state index contributed by atoms with van der Waals surface area (Å²) in [5, 5.41) is 13.9. The topological polar surface area (TPSA) is 95.5 Å². The Morgan fingerprint density at radius 1 is 1.24 bits per heavy atom. The van der Waals surface area contributed by atoms with Crippen molar-refractivity contribution < 1.29 is 32.7 Å². The summed E-state index contributed by atoms with van der Waals surface area (Å²) in [6.45, 7) is 1.12. The van der Waals surface area contributed by atoms with Gasteiger partial charge in [-0.1, -0.05) is 0 Å². The zero-order valence-electron chi connectivity index (χ0n) is 13.1. The SMILES string of the molecule is CC(=O)Nc1cc(C(=O)NC2(C(=O)O)CCSC2)cc(C(F)(F)F)c1. The second kappa shape index (κ2) is 6.95. The van der Waals surface area contributed by atoms with Crippen LogP contribution in [0.3, 0.4) is 0 Å². The van der Waals surface area contributed by atoms with Crippen LogP contribution in [0.15, 0.2) is 18.2 Å². The molecule has 1 aliphatic rings. The minimum atomic E-state index is -4.72. The number of rotatable bonds is 4. The van der Waals surface area contributed by atoms with E-state index in [1.165, 1.54) is 11.8 Å². The molecule has 0 radical (unpaired) electrons. The van der Waals surface area contributed by atoms with Crippen LogP contribution in [-0.4, -0.2) is 39.9 Å². The molecule has 1 aromatic rings. The molecule has 6 nitrogen and oxygen atoms in total. The third-order valence-electron chi connectivity index (χ3n) is 3.63. The number of carboxylic acids is 1. The van der Waals surface area contributed by atoms with Gasteiger partial charge in [-0.15, -0.1) is 0 Å². The first kappa shape index (κ1) is 19.1. The van der Waals surface area contributed by atoms with Gasteiger partial charge in [-0.3, -0.25) is 9.59 Å². The van der Waals surface area contributed by atoms with E-state index in [2.05, 4.69) is 10.6 Å². The molecule has 1 saturated heterocycles. The van der Waals surface area contributed by atoms with Gasteiger partial charge in [0.25, 0.3) is 5.91 Å². The molecular weight excluding hydrogens is 361 g/mol. The van der Waals surface area contributed by atoms with Gasteiger partial charge in [0.2, 0.25) is 5.91 Å². The molecule has 0 spiro atoms. The van der Waals surface area contributed by atoms with Gasteiger partial charge in [0.05, 0.1) is 5.56 Å². The zero-order chi connectivity index (χ0) is 18.8. The maximum Gasteiger partial charge on any atom is 0.416 e. The summed E-state index contributed by atoms with van der Waals surface area (Å²) < 4.78 is 39.0. The number of amides is 2. The first-order valence-electron chi connectivity index (χ1n) is 7.17. The van der Waals surface area contributed by atoms with Gasteiger partial charge < -0.3 is 15.7 Å². The molecule has 0 bridgehead atoms.